The van der Waals surface area contributed by atoms with Crippen LogP contribution in [0.5, 0.6) is 0 Å². The number of fused-ring (bicyclic) bond motifs is 1. The largest absolute Gasteiger partial charge is 0.393 e. The Balaban J connectivity index is 2.04. The van der Waals surface area contributed by atoms with Gasteiger partial charge in [-0.1, -0.05) is 0 Å². The Hall–Kier alpha value is -0.120. The lowest BCUT2D eigenvalue weighted by atomic mass is 10.3. The fourth-order valence-corrected chi connectivity index (χ4v) is 1.94. The van der Waals surface area contributed by atoms with E-state index < -0.39 is 5.79 Å². The van der Waals surface area contributed by atoms with Gasteiger partial charge >= 0.3 is 0 Å². The topological polar surface area (TPSA) is 38.7 Å². The van der Waals surface area contributed by atoms with Gasteiger partial charge in [0.15, 0.2) is 5.79 Å². The maximum absolute atomic E-state index is 9.25. The quantitative estimate of drug-likeness (QED) is 0.563. The molecule has 1 heterocycles. The Bertz CT molecular complexity index is 151. The molecule has 3 nitrogen and oxygen atoms in total. The molecule has 0 aromatic rings. The lowest BCUT2D eigenvalue weighted by Gasteiger charge is -2.18. The van der Waals surface area contributed by atoms with Gasteiger partial charge in [-0.05, 0) is 13.8 Å². The Morgan fingerprint density at radius 1 is 1.18 bits per heavy atom. The highest BCUT2D eigenvalue weighted by Crippen LogP contribution is 2.37. The van der Waals surface area contributed by atoms with Crippen LogP contribution in [0, 0.1) is 0 Å². The van der Waals surface area contributed by atoms with E-state index in [2.05, 4.69) is 0 Å². The standard InChI is InChI=1S/C8H14O3/c1-8(2)10-6-3-5(9)4-7(6)11-8/h5-7,9H,3-4H2,1-2H3/t5?,6-,7?/m1/s1. The number of aliphatic hydroxyl groups is 1. The summed E-state index contributed by atoms with van der Waals surface area (Å²) in [5, 5.41) is 9.25. The van der Waals surface area contributed by atoms with E-state index in [0.717, 1.165) is 12.8 Å². The molecule has 1 saturated heterocycles. The van der Waals surface area contributed by atoms with Crippen molar-refractivity contribution < 1.29 is 14.6 Å². The summed E-state index contributed by atoms with van der Waals surface area (Å²) in [7, 11) is 0. The third-order valence-corrected chi connectivity index (χ3v) is 2.29. The zero-order valence-corrected chi connectivity index (χ0v) is 6.91. The van der Waals surface area contributed by atoms with Crippen LogP contribution >= 0.6 is 0 Å². The second kappa shape index (κ2) is 2.19. The molecule has 0 spiro atoms. The molecule has 0 amide bonds. The molecule has 2 fully saturated rings. The van der Waals surface area contributed by atoms with Crippen LogP contribution in [0.4, 0.5) is 0 Å². The van der Waals surface area contributed by atoms with Crippen LogP contribution in [0.3, 0.4) is 0 Å². The number of ether oxygens (including phenoxy) is 2. The molecule has 2 aliphatic rings. The van der Waals surface area contributed by atoms with Crippen LogP contribution < -0.4 is 0 Å². The van der Waals surface area contributed by atoms with Crippen molar-refractivity contribution in [2.45, 2.75) is 50.8 Å². The highest BCUT2D eigenvalue weighted by Gasteiger charge is 2.46. The second-order valence-corrected chi connectivity index (χ2v) is 3.84. The minimum Gasteiger partial charge on any atom is -0.393 e. The van der Waals surface area contributed by atoms with E-state index >= 15 is 0 Å². The predicted octanol–water partition coefficient (Wildman–Crippen LogP) is 0.661. The van der Waals surface area contributed by atoms with Crippen molar-refractivity contribution in [2.75, 3.05) is 0 Å². The van der Waals surface area contributed by atoms with Crippen molar-refractivity contribution in [3.8, 4) is 0 Å². The van der Waals surface area contributed by atoms with E-state index in [-0.39, 0.29) is 18.3 Å². The van der Waals surface area contributed by atoms with Gasteiger partial charge in [-0.3, -0.25) is 0 Å². The molecular weight excluding hydrogens is 144 g/mol. The second-order valence-electron chi connectivity index (χ2n) is 3.84. The Morgan fingerprint density at radius 2 is 1.64 bits per heavy atom. The molecule has 3 atom stereocenters. The lowest BCUT2D eigenvalue weighted by molar-refractivity contribution is -0.156. The zero-order valence-electron chi connectivity index (χ0n) is 6.91. The highest BCUT2D eigenvalue weighted by molar-refractivity contribution is 4.91. The first-order valence-electron chi connectivity index (χ1n) is 4.10. The van der Waals surface area contributed by atoms with Gasteiger partial charge in [-0.2, -0.15) is 0 Å². The molecule has 2 unspecified atom stereocenters. The molecule has 0 bridgehead atoms. The van der Waals surface area contributed by atoms with Gasteiger partial charge < -0.3 is 14.6 Å². The maximum atomic E-state index is 9.25. The lowest BCUT2D eigenvalue weighted by Crippen LogP contribution is -2.23. The fraction of sp³-hybridized carbons (Fsp3) is 1.00. The SMILES string of the molecule is CC1(C)OC2CC(O)C[C@H]2O1. The normalized spacial score (nSPS) is 47.7. The average Bonchev–Trinajstić information content (AvgIpc) is 2.17. The van der Waals surface area contributed by atoms with Crippen molar-refractivity contribution in [1.29, 1.82) is 0 Å². The minimum absolute atomic E-state index is 0.125. The summed E-state index contributed by atoms with van der Waals surface area (Å²) in [6.45, 7) is 3.83. The Kier molecular flexibility index (Phi) is 1.50. The number of aliphatic hydroxyl groups excluding tert-OH is 1. The predicted molar refractivity (Wildman–Crippen MR) is 39.1 cm³/mol. The van der Waals surface area contributed by atoms with Gasteiger partial charge in [-0.25, -0.2) is 0 Å². The third kappa shape index (κ3) is 1.28. The summed E-state index contributed by atoms with van der Waals surface area (Å²) in [5.74, 6) is -0.435. The number of hydrogen-bond donors (Lipinski definition) is 1. The van der Waals surface area contributed by atoms with Crippen LogP contribution in [0.15, 0.2) is 0 Å². The van der Waals surface area contributed by atoms with Crippen molar-refractivity contribution >= 4 is 0 Å². The van der Waals surface area contributed by atoms with Crippen LogP contribution in [0.2, 0.25) is 0 Å². The third-order valence-electron chi connectivity index (χ3n) is 2.29. The summed E-state index contributed by atoms with van der Waals surface area (Å²) >= 11 is 0. The minimum atomic E-state index is -0.435. The van der Waals surface area contributed by atoms with Crippen LogP contribution in [0.1, 0.15) is 26.7 Å². The van der Waals surface area contributed by atoms with Crippen LogP contribution in [0.25, 0.3) is 0 Å². The van der Waals surface area contributed by atoms with Crippen molar-refractivity contribution in [2.24, 2.45) is 0 Å². The van der Waals surface area contributed by atoms with Gasteiger partial charge in [0.05, 0.1) is 18.3 Å². The molecule has 0 aromatic carbocycles. The molecule has 3 heteroatoms. The molecule has 1 saturated carbocycles. The Labute approximate surface area is 66.3 Å². The average molecular weight is 158 g/mol. The first kappa shape index (κ1) is 7.53. The van der Waals surface area contributed by atoms with Gasteiger partial charge in [0, 0.05) is 12.8 Å². The smallest absolute Gasteiger partial charge is 0.163 e. The fourth-order valence-electron chi connectivity index (χ4n) is 1.94. The molecule has 1 aliphatic carbocycles. The van der Waals surface area contributed by atoms with E-state index in [9.17, 15) is 5.11 Å². The van der Waals surface area contributed by atoms with Gasteiger partial charge in [-0.15, -0.1) is 0 Å². The summed E-state index contributed by atoms with van der Waals surface area (Å²) in [6.07, 6.45) is 1.49. The summed E-state index contributed by atoms with van der Waals surface area (Å²) in [6, 6.07) is 0. The highest BCUT2D eigenvalue weighted by atomic mass is 16.8. The summed E-state index contributed by atoms with van der Waals surface area (Å²) < 4.78 is 11.1. The van der Waals surface area contributed by atoms with Crippen LogP contribution in [-0.4, -0.2) is 29.2 Å². The van der Waals surface area contributed by atoms with Gasteiger partial charge in [0.25, 0.3) is 0 Å². The van der Waals surface area contributed by atoms with Crippen LogP contribution in [-0.2, 0) is 9.47 Å². The molecule has 1 aliphatic heterocycles. The van der Waals surface area contributed by atoms with E-state index in [1.165, 1.54) is 0 Å². The van der Waals surface area contributed by atoms with Crippen molar-refractivity contribution in [3.63, 3.8) is 0 Å². The van der Waals surface area contributed by atoms with Crippen molar-refractivity contribution in [1.82, 2.24) is 0 Å². The monoisotopic (exact) mass is 158 g/mol. The first-order valence-corrected chi connectivity index (χ1v) is 4.10. The van der Waals surface area contributed by atoms with Crippen molar-refractivity contribution in [3.05, 3.63) is 0 Å². The Morgan fingerprint density at radius 3 is 2.09 bits per heavy atom. The first-order chi connectivity index (χ1) is 5.07. The maximum Gasteiger partial charge on any atom is 0.163 e. The van der Waals surface area contributed by atoms with E-state index in [4.69, 9.17) is 9.47 Å². The molecule has 0 aromatic heterocycles. The van der Waals surface area contributed by atoms with E-state index in [0.29, 0.717) is 0 Å². The molecule has 64 valence electrons. The number of rotatable bonds is 0. The molecule has 0 radical (unpaired) electrons. The summed E-state index contributed by atoms with van der Waals surface area (Å²) in [4.78, 5) is 0. The van der Waals surface area contributed by atoms with Gasteiger partial charge in [0.2, 0.25) is 0 Å². The van der Waals surface area contributed by atoms with Gasteiger partial charge in [0.1, 0.15) is 0 Å². The number of hydrogen-bond acceptors (Lipinski definition) is 3. The molecule has 11 heavy (non-hydrogen) atoms. The van der Waals surface area contributed by atoms with E-state index in [1.807, 2.05) is 13.8 Å². The molecular formula is C8H14O3. The molecule has 1 N–H and O–H groups in total. The molecule has 2 rings (SSSR count). The summed E-state index contributed by atoms with van der Waals surface area (Å²) in [5.41, 5.74) is 0. The van der Waals surface area contributed by atoms with E-state index in [1.54, 1.807) is 0 Å². The zero-order chi connectivity index (χ0) is 8.06.